The van der Waals surface area contributed by atoms with Crippen molar-refractivity contribution in [3.63, 3.8) is 0 Å². The Kier molecular flexibility index (Phi) is 6.41. The number of methoxy groups -OCH3 is 1. The molecule has 148 valence electrons. The maximum Gasteiger partial charge on any atom is 0.251 e. The normalized spacial score (nSPS) is 13.5. The predicted octanol–water partition coefficient (Wildman–Crippen LogP) is 3.80. The van der Waals surface area contributed by atoms with Crippen LogP contribution in [-0.4, -0.2) is 32.1 Å². The molecule has 1 aliphatic rings. The summed E-state index contributed by atoms with van der Waals surface area (Å²) in [6.45, 7) is 3.41. The van der Waals surface area contributed by atoms with Gasteiger partial charge < -0.3 is 19.7 Å². The molecule has 1 saturated heterocycles. The maximum atomic E-state index is 12.5. The molecule has 28 heavy (non-hydrogen) atoms. The first-order chi connectivity index (χ1) is 13.5. The fourth-order valence-electron chi connectivity index (χ4n) is 3.13. The zero-order valence-corrected chi connectivity index (χ0v) is 16.7. The molecule has 0 aromatic heterocycles. The maximum absolute atomic E-state index is 12.5. The minimum atomic E-state index is -0.262. The van der Waals surface area contributed by atoms with Crippen LogP contribution in [0.2, 0.25) is 5.02 Å². The highest BCUT2D eigenvalue weighted by atomic mass is 35.5. The van der Waals surface area contributed by atoms with E-state index in [2.05, 4.69) is 5.32 Å². The van der Waals surface area contributed by atoms with E-state index in [1.807, 2.05) is 31.2 Å². The van der Waals surface area contributed by atoms with Crippen LogP contribution in [0.25, 0.3) is 0 Å². The Balaban J connectivity index is 1.65. The highest BCUT2D eigenvalue weighted by Gasteiger charge is 2.21. The van der Waals surface area contributed by atoms with Crippen LogP contribution in [0, 0.1) is 0 Å². The minimum absolute atomic E-state index is 0.155. The Morgan fingerprint density at radius 1 is 1.25 bits per heavy atom. The van der Waals surface area contributed by atoms with Gasteiger partial charge in [0.2, 0.25) is 5.91 Å². The van der Waals surface area contributed by atoms with Crippen LogP contribution in [0.1, 0.15) is 35.7 Å². The van der Waals surface area contributed by atoms with E-state index in [-0.39, 0.29) is 11.8 Å². The Morgan fingerprint density at radius 3 is 2.61 bits per heavy atom. The largest absolute Gasteiger partial charge is 0.493 e. The third-order valence-corrected chi connectivity index (χ3v) is 4.84. The molecule has 7 heteroatoms. The molecule has 2 aromatic carbocycles. The molecule has 6 nitrogen and oxygen atoms in total. The Labute approximate surface area is 169 Å². The van der Waals surface area contributed by atoms with Crippen LogP contribution in [0.5, 0.6) is 11.5 Å². The molecular weight excluding hydrogens is 380 g/mol. The van der Waals surface area contributed by atoms with Gasteiger partial charge in [-0.2, -0.15) is 0 Å². The number of anilines is 1. The molecule has 3 rings (SSSR count). The van der Waals surface area contributed by atoms with Gasteiger partial charge in [-0.25, -0.2) is 0 Å². The van der Waals surface area contributed by atoms with Gasteiger partial charge in [0, 0.05) is 30.8 Å². The third kappa shape index (κ3) is 4.39. The number of hydrogen-bond acceptors (Lipinski definition) is 4. The minimum Gasteiger partial charge on any atom is -0.493 e. The van der Waals surface area contributed by atoms with E-state index in [9.17, 15) is 9.59 Å². The number of rotatable bonds is 7. The van der Waals surface area contributed by atoms with Crippen LogP contribution < -0.4 is 19.7 Å². The lowest BCUT2D eigenvalue weighted by Crippen LogP contribution is -2.24. The van der Waals surface area contributed by atoms with Crippen molar-refractivity contribution in [1.82, 2.24) is 5.32 Å². The zero-order valence-electron chi connectivity index (χ0n) is 16.0. The summed E-state index contributed by atoms with van der Waals surface area (Å²) < 4.78 is 10.7. The summed E-state index contributed by atoms with van der Waals surface area (Å²) in [5.74, 6) is 0.735. The fraction of sp³-hybridized carbons (Fsp3) is 0.333. The number of carbonyl (C=O) groups is 2. The van der Waals surface area contributed by atoms with E-state index in [0.717, 1.165) is 24.2 Å². The van der Waals surface area contributed by atoms with Gasteiger partial charge in [0.15, 0.2) is 11.5 Å². The lowest BCUT2D eigenvalue weighted by molar-refractivity contribution is -0.117. The van der Waals surface area contributed by atoms with Gasteiger partial charge in [-0.3, -0.25) is 9.59 Å². The molecule has 0 radical (unpaired) electrons. The second-order valence-electron chi connectivity index (χ2n) is 6.42. The van der Waals surface area contributed by atoms with Crippen molar-refractivity contribution in [1.29, 1.82) is 0 Å². The van der Waals surface area contributed by atoms with Crippen LogP contribution in [-0.2, 0) is 11.3 Å². The topological polar surface area (TPSA) is 67.9 Å². The van der Waals surface area contributed by atoms with Crippen LogP contribution in [0.15, 0.2) is 36.4 Å². The van der Waals surface area contributed by atoms with Gasteiger partial charge in [0.05, 0.1) is 18.7 Å². The number of nitrogens with zero attached hydrogens (tertiary/aromatic N) is 1. The number of halogens is 1. The van der Waals surface area contributed by atoms with Crippen molar-refractivity contribution in [2.75, 3.05) is 25.2 Å². The third-order valence-electron chi connectivity index (χ3n) is 4.55. The molecule has 0 saturated carbocycles. The van der Waals surface area contributed by atoms with Gasteiger partial charge in [-0.15, -0.1) is 0 Å². The summed E-state index contributed by atoms with van der Waals surface area (Å²) in [4.78, 5) is 26.1. The molecule has 0 bridgehead atoms. The molecule has 2 aromatic rings. The van der Waals surface area contributed by atoms with Gasteiger partial charge in [-0.1, -0.05) is 23.7 Å². The van der Waals surface area contributed by atoms with Crippen LogP contribution >= 0.6 is 11.6 Å². The number of hydrogen-bond donors (Lipinski definition) is 1. The summed E-state index contributed by atoms with van der Waals surface area (Å²) in [6.07, 6.45) is 1.50. The van der Waals surface area contributed by atoms with E-state index >= 15 is 0 Å². The summed E-state index contributed by atoms with van der Waals surface area (Å²) in [5.41, 5.74) is 2.22. The van der Waals surface area contributed by atoms with E-state index in [1.54, 1.807) is 17.0 Å². The van der Waals surface area contributed by atoms with Gasteiger partial charge in [-0.05, 0) is 43.2 Å². The summed E-state index contributed by atoms with van der Waals surface area (Å²) >= 11 is 6.23. The van der Waals surface area contributed by atoms with Crippen molar-refractivity contribution in [2.24, 2.45) is 0 Å². The van der Waals surface area contributed by atoms with Crippen molar-refractivity contribution in [3.8, 4) is 11.5 Å². The zero-order chi connectivity index (χ0) is 20.1. The summed E-state index contributed by atoms with van der Waals surface area (Å²) in [6, 6.07) is 10.8. The molecule has 1 N–H and O–H groups in total. The number of carbonyl (C=O) groups excluding carboxylic acids is 2. The molecule has 0 aliphatic carbocycles. The van der Waals surface area contributed by atoms with Crippen LogP contribution in [0.4, 0.5) is 5.69 Å². The lowest BCUT2D eigenvalue weighted by atomic mass is 10.1. The van der Waals surface area contributed by atoms with Crippen molar-refractivity contribution >= 4 is 29.1 Å². The monoisotopic (exact) mass is 402 g/mol. The molecule has 0 spiro atoms. The molecule has 1 aliphatic heterocycles. The average Bonchev–Trinajstić information content (AvgIpc) is 3.13. The first-order valence-corrected chi connectivity index (χ1v) is 9.59. The van der Waals surface area contributed by atoms with E-state index < -0.39 is 0 Å². The molecule has 0 atom stereocenters. The molecule has 2 amide bonds. The van der Waals surface area contributed by atoms with E-state index in [4.69, 9.17) is 21.1 Å². The average molecular weight is 403 g/mol. The molecular formula is C21H23ClN2O4. The Bertz CT molecular complexity index is 867. The first kappa shape index (κ1) is 20.0. The molecule has 1 fully saturated rings. The van der Waals surface area contributed by atoms with Gasteiger partial charge in [0.1, 0.15) is 0 Å². The first-order valence-electron chi connectivity index (χ1n) is 9.21. The Hall–Kier alpha value is -2.73. The van der Waals surface area contributed by atoms with Gasteiger partial charge in [0.25, 0.3) is 5.91 Å². The molecule has 0 unspecified atom stereocenters. The summed E-state index contributed by atoms with van der Waals surface area (Å²) in [5, 5.41) is 3.19. The van der Waals surface area contributed by atoms with Crippen molar-refractivity contribution in [2.45, 2.75) is 26.3 Å². The SMILES string of the molecule is CCOc1c(Cl)cc(C(=O)NCc2ccc(N3CCCC3=O)cc2)cc1OC. The van der Waals surface area contributed by atoms with Crippen molar-refractivity contribution in [3.05, 3.63) is 52.5 Å². The number of nitrogens with one attached hydrogen (secondary N) is 1. The number of ether oxygens (including phenoxy) is 2. The van der Waals surface area contributed by atoms with E-state index in [0.29, 0.717) is 41.7 Å². The second kappa shape index (κ2) is 8.97. The molecule has 1 heterocycles. The summed E-state index contributed by atoms with van der Waals surface area (Å²) in [7, 11) is 1.50. The standard InChI is InChI=1S/C21H23ClN2O4/c1-3-28-20-17(22)11-15(12-18(20)27-2)21(26)23-13-14-6-8-16(9-7-14)24-10-4-5-19(24)25/h6-9,11-12H,3-5,10,13H2,1-2H3,(H,23,26). The van der Waals surface area contributed by atoms with Crippen molar-refractivity contribution < 1.29 is 19.1 Å². The van der Waals surface area contributed by atoms with Crippen LogP contribution in [0.3, 0.4) is 0 Å². The lowest BCUT2D eigenvalue weighted by Gasteiger charge is -2.16. The highest BCUT2D eigenvalue weighted by Crippen LogP contribution is 2.36. The van der Waals surface area contributed by atoms with E-state index in [1.165, 1.54) is 7.11 Å². The van der Waals surface area contributed by atoms with Gasteiger partial charge >= 0.3 is 0 Å². The second-order valence-corrected chi connectivity index (χ2v) is 6.83. The number of benzene rings is 2. The quantitative estimate of drug-likeness (QED) is 0.764. The highest BCUT2D eigenvalue weighted by molar-refractivity contribution is 6.32. The smallest absolute Gasteiger partial charge is 0.251 e. The Morgan fingerprint density at radius 2 is 2.00 bits per heavy atom. The number of amides is 2. The fourth-order valence-corrected chi connectivity index (χ4v) is 3.40. The predicted molar refractivity (Wildman–Crippen MR) is 108 cm³/mol.